The first-order chi connectivity index (χ1) is 14.0. The molecule has 0 radical (unpaired) electrons. The summed E-state index contributed by atoms with van der Waals surface area (Å²) < 4.78 is 16.0. The number of hydrogen-bond acceptors (Lipinski definition) is 6. The summed E-state index contributed by atoms with van der Waals surface area (Å²) in [4.78, 5) is 36.3. The average molecular weight is 418 g/mol. The number of amides is 2. The maximum absolute atomic E-state index is 12.4. The molecular weight excluding hydrogens is 388 g/mol. The van der Waals surface area contributed by atoms with Crippen LogP contribution in [-0.2, 0) is 24.5 Å². The number of ether oxygens (including phenoxy) is 3. The zero-order chi connectivity index (χ0) is 22.5. The Hall–Kier alpha value is -3.03. The molecule has 8 heteroatoms. The van der Waals surface area contributed by atoms with Crippen molar-refractivity contribution in [3.63, 3.8) is 0 Å². The normalized spacial score (nSPS) is 17.5. The molecule has 164 valence electrons. The van der Waals surface area contributed by atoms with Gasteiger partial charge < -0.3 is 24.8 Å². The summed E-state index contributed by atoms with van der Waals surface area (Å²) in [5, 5.41) is 5.09. The second-order valence-corrected chi connectivity index (χ2v) is 8.08. The molecule has 8 nitrogen and oxygen atoms in total. The molecule has 0 aliphatic carbocycles. The number of esters is 2. The summed E-state index contributed by atoms with van der Waals surface area (Å²) in [5.74, 6) is -0.652. The van der Waals surface area contributed by atoms with Gasteiger partial charge in [-0.15, -0.1) is 0 Å². The first kappa shape index (κ1) is 23.3. The molecule has 2 rings (SSSR count). The first-order valence-electron chi connectivity index (χ1n) is 9.94. The molecule has 1 aromatic rings. The van der Waals surface area contributed by atoms with E-state index in [1.807, 2.05) is 12.1 Å². The largest absolute Gasteiger partial charge is 0.479 e. The van der Waals surface area contributed by atoms with Crippen LogP contribution in [0.2, 0.25) is 0 Å². The van der Waals surface area contributed by atoms with Crippen molar-refractivity contribution in [3.8, 4) is 5.75 Å². The molecule has 0 bridgehead atoms. The highest BCUT2D eigenvalue weighted by Gasteiger charge is 2.30. The van der Waals surface area contributed by atoms with Crippen LogP contribution >= 0.6 is 0 Å². The zero-order valence-electron chi connectivity index (χ0n) is 18.3. The Morgan fingerprint density at radius 3 is 2.33 bits per heavy atom. The zero-order valence-corrected chi connectivity index (χ0v) is 18.3. The summed E-state index contributed by atoms with van der Waals surface area (Å²) in [6, 6.07) is 6.47. The van der Waals surface area contributed by atoms with E-state index in [-0.39, 0.29) is 29.9 Å². The van der Waals surface area contributed by atoms with Gasteiger partial charge in [0, 0.05) is 0 Å². The Morgan fingerprint density at radius 2 is 1.77 bits per heavy atom. The average Bonchev–Trinajstić information content (AvgIpc) is 2.65. The highest BCUT2D eigenvalue weighted by atomic mass is 16.6. The van der Waals surface area contributed by atoms with Crippen molar-refractivity contribution in [2.24, 2.45) is 0 Å². The van der Waals surface area contributed by atoms with E-state index in [0.717, 1.165) is 5.56 Å². The monoisotopic (exact) mass is 418 g/mol. The summed E-state index contributed by atoms with van der Waals surface area (Å²) in [6.07, 6.45) is -0.869. The van der Waals surface area contributed by atoms with Crippen molar-refractivity contribution in [3.05, 3.63) is 41.1 Å². The van der Waals surface area contributed by atoms with Crippen LogP contribution in [0.25, 0.3) is 0 Å². The molecule has 0 saturated carbocycles. The van der Waals surface area contributed by atoms with E-state index in [1.165, 1.54) is 0 Å². The van der Waals surface area contributed by atoms with Gasteiger partial charge in [0.25, 0.3) is 0 Å². The van der Waals surface area contributed by atoms with Crippen LogP contribution in [-0.4, -0.2) is 43.3 Å². The number of benzene rings is 1. The molecule has 2 atom stereocenters. The topological polar surface area (TPSA) is 103 Å². The van der Waals surface area contributed by atoms with Crippen LogP contribution in [0, 0.1) is 0 Å². The number of carbonyl (C=O) groups excluding carboxylic acids is 3. The molecule has 2 N–H and O–H groups in total. The predicted octanol–water partition coefficient (Wildman–Crippen LogP) is 2.81. The van der Waals surface area contributed by atoms with E-state index >= 15 is 0 Å². The molecule has 1 aliphatic rings. The van der Waals surface area contributed by atoms with Crippen LogP contribution in [0.3, 0.4) is 0 Å². The summed E-state index contributed by atoms with van der Waals surface area (Å²) >= 11 is 0. The van der Waals surface area contributed by atoms with Crippen LogP contribution < -0.4 is 15.4 Å². The van der Waals surface area contributed by atoms with E-state index in [1.54, 1.807) is 32.9 Å². The number of hydrogen-bond donors (Lipinski definition) is 2. The van der Waals surface area contributed by atoms with Crippen molar-refractivity contribution in [1.82, 2.24) is 10.6 Å². The van der Waals surface area contributed by atoms with E-state index in [4.69, 9.17) is 14.2 Å². The third kappa shape index (κ3) is 5.98. The predicted molar refractivity (Wildman–Crippen MR) is 111 cm³/mol. The van der Waals surface area contributed by atoms with Crippen molar-refractivity contribution >= 4 is 18.0 Å². The Balaban J connectivity index is 2.02. The van der Waals surface area contributed by atoms with Crippen molar-refractivity contribution in [1.29, 1.82) is 0 Å². The van der Waals surface area contributed by atoms with E-state index in [9.17, 15) is 14.4 Å². The third-order valence-corrected chi connectivity index (χ3v) is 4.59. The quantitative estimate of drug-likeness (QED) is 0.660. The fraction of sp³-hybridized carbons (Fsp3) is 0.500. The van der Waals surface area contributed by atoms with Crippen molar-refractivity contribution in [2.45, 2.75) is 59.1 Å². The molecule has 1 aromatic carbocycles. The molecule has 0 fully saturated rings. The molecule has 1 heterocycles. The second kappa shape index (κ2) is 9.65. The van der Waals surface area contributed by atoms with Gasteiger partial charge in [0.2, 0.25) is 0 Å². The molecule has 0 saturated heterocycles. The smallest absolute Gasteiger partial charge is 0.347 e. The lowest BCUT2D eigenvalue weighted by Gasteiger charge is -2.26. The number of nitrogens with one attached hydrogen (secondary N) is 2. The van der Waals surface area contributed by atoms with Gasteiger partial charge in [-0.3, -0.25) is 0 Å². The van der Waals surface area contributed by atoms with Crippen LogP contribution in [0.4, 0.5) is 4.79 Å². The van der Waals surface area contributed by atoms with Crippen molar-refractivity contribution in [2.75, 3.05) is 13.2 Å². The lowest BCUT2D eigenvalue weighted by molar-refractivity contribution is -0.150. The maximum atomic E-state index is 12.4. The Labute approximate surface area is 176 Å². The van der Waals surface area contributed by atoms with Gasteiger partial charge >= 0.3 is 18.0 Å². The highest BCUT2D eigenvalue weighted by Crippen LogP contribution is 2.24. The number of urea groups is 1. The van der Waals surface area contributed by atoms with E-state index < -0.39 is 30.1 Å². The van der Waals surface area contributed by atoms with E-state index in [0.29, 0.717) is 5.75 Å². The molecule has 0 aromatic heterocycles. The maximum Gasteiger partial charge on any atom is 0.347 e. The second-order valence-electron chi connectivity index (χ2n) is 8.08. The minimum atomic E-state index is -0.869. The van der Waals surface area contributed by atoms with E-state index in [2.05, 4.69) is 31.4 Å². The molecule has 2 amide bonds. The molecule has 1 aliphatic heterocycles. The van der Waals surface area contributed by atoms with Gasteiger partial charge in [-0.25, -0.2) is 14.4 Å². The summed E-state index contributed by atoms with van der Waals surface area (Å²) in [6.45, 7) is 11.2. The number of rotatable bonds is 7. The van der Waals surface area contributed by atoms with Gasteiger partial charge in [-0.1, -0.05) is 32.9 Å². The summed E-state index contributed by atoms with van der Waals surface area (Å²) in [7, 11) is 0. The van der Waals surface area contributed by atoms with Gasteiger partial charge in [0.15, 0.2) is 6.10 Å². The van der Waals surface area contributed by atoms with Crippen molar-refractivity contribution < 1.29 is 28.6 Å². The van der Waals surface area contributed by atoms with Gasteiger partial charge in [-0.2, -0.15) is 0 Å². The van der Waals surface area contributed by atoms with Crippen LogP contribution in [0.5, 0.6) is 5.75 Å². The standard InChI is InChI=1S/C22H30N2O6/c1-7-28-20(26)18-13(2)23-21(27)24-17(18)12-29-19(25)14(3)30-16-10-8-15(9-11-16)22(4,5)6/h8-11,13-14H,7,12H2,1-6H3,(H2,23,24,27)/t13-,14+/m1/s1. The molecule has 30 heavy (non-hydrogen) atoms. The van der Waals surface area contributed by atoms with Crippen LogP contribution in [0.15, 0.2) is 35.5 Å². The number of carbonyl (C=O) groups is 3. The lowest BCUT2D eigenvalue weighted by Crippen LogP contribution is -2.50. The Morgan fingerprint density at radius 1 is 1.13 bits per heavy atom. The SMILES string of the molecule is CCOC(=O)C1=C(COC(=O)[C@H](C)Oc2ccc(C(C)(C)C)cc2)NC(=O)N[C@@H]1C. The third-order valence-electron chi connectivity index (χ3n) is 4.59. The van der Waals surface area contributed by atoms with Gasteiger partial charge in [0.05, 0.1) is 23.9 Å². The van der Waals surface area contributed by atoms with Crippen LogP contribution in [0.1, 0.15) is 47.1 Å². The van der Waals surface area contributed by atoms with Gasteiger partial charge in [0.1, 0.15) is 12.4 Å². The Kier molecular flexibility index (Phi) is 7.48. The fourth-order valence-corrected chi connectivity index (χ4v) is 2.94. The minimum Gasteiger partial charge on any atom is -0.479 e. The fourth-order valence-electron chi connectivity index (χ4n) is 2.94. The minimum absolute atomic E-state index is 0.0177. The highest BCUT2D eigenvalue weighted by molar-refractivity contribution is 5.94. The molecular formula is C22H30N2O6. The first-order valence-corrected chi connectivity index (χ1v) is 9.94. The summed E-state index contributed by atoms with van der Waals surface area (Å²) in [5.41, 5.74) is 1.58. The van der Waals surface area contributed by atoms with Gasteiger partial charge in [-0.05, 0) is 43.9 Å². The molecule has 0 unspecified atom stereocenters. The Bertz CT molecular complexity index is 823. The molecule has 0 spiro atoms. The lowest BCUT2D eigenvalue weighted by atomic mass is 9.87.